The van der Waals surface area contributed by atoms with Gasteiger partial charge in [-0.1, -0.05) is 42.5 Å². The number of amides is 1. The predicted octanol–water partition coefficient (Wildman–Crippen LogP) is 3.31. The Labute approximate surface area is 152 Å². The van der Waals surface area contributed by atoms with Crippen molar-refractivity contribution in [1.82, 2.24) is 4.90 Å². The molecule has 1 fully saturated rings. The van der Waals surface area contributed by atoms with Crippen molar-refractivity contribution < 1.29 is 9.53 Å². The fourth-order valence-electron chi connectivity index (χ4n) is 3.34. The molecule has 4 heteroatoms. The topological polar surface area (TPSA) is 55.6 Å². The van der Waals surface area contributed by atoms with Crippen LogP contribution < -0.4 is 5.73 Å². The van der Waals surface area contributed by atoms with Crippen LogP contribution in [0, 0.1) is 0 Å². The lowest BCUT2D eigenvalue weighted by atomic mass is 10.1. The average Bonchev–Trinajstić information content (AvgIpc) is 2.92. The van der Waals surface area contributed by atoms with E-state index in [4.69, 9.17) is 10.5 Å². The number of primary amides is 1. The van der Waals surface area contributed by atoms with Crippen LogP contribution in [0.3, 0.4) is 0 Å². The van der Waals surface area contributed by atoms with Crippen molar-refractivity contribution in [2.45, 2.75) is 64.2 Å². The van der Waals surface area contributed by atoms with Gasteiger partial charge < -0.3 is 10.5 Å². The molecule has 4 nitrogen and oxygen atoms in total. The number of hydrogen-bond donors (Lipinski definition) is 1. The highest BCUT2D eigenvalue weighted by atomic mass is 16.5. The Morgan fingerprint density at radius 3 is 2.64 bits per heavy atom. The Kier molecular flexibility index (Phi) is 7.21. The molecule has 25 heavy (non-hydrogen) atoms. The fourth-order valence-corrected chi connectivity index (χ4v) is 3.34. The van der Waals surface area contributed by atoms with Crippen molar-refractivity contribution in [1.29, 1.82) is 0 Å². The number of benzene rings is 1. The first-order valence-electron chi connectivity index (χ1n) is 9.25. The molecule has 1 heterocycles. The molecule has 1 saturated heterocycles. The van der Waals surface area contributed by atoms with E-state index in [9.17, 15) is 4.79 Å². The van der Waals surface area contributed by atoms with Crippen LogP contribution in [0.1, 0.15) is 45.6 Å². The number of carbonyl (C=O) groups is 1. The van der Waals surface area contributed by atoms with E-state index in [1.807, 2.05) is 26.8 Å². The van der Waals surface area contributed by atoms with Crippen LogP contribution in [0.25, 0.3) is 0 Å². The zero-order valence-corrected chi connectivity index (χ0v) is 15.8. The first-order valence-corrected chi connectivity index (χ1v) is 9.25. The fraction of sp³-hybridized carbons (Fsp3) is 0.571. The van der Waals surface area contributed by atoms with E-state index in [1.165, 1.54) is 5.56 Å². The third kappa shape index (κ3) is 7.00. The Balaban J connectivity index is 1.74. The van der Waals surface area contributed by atoms with Gasteiger partial charge in [-0.15, -0.1) is 0 Å². The Morgan fingerprint density at radius 1 is 1.28 bits per heavy atom. The summed E-state index contributed by atoms with van der Waals surface area (Å²) in [5.41, 5.74) is 6.75. The average molecular weight is 344 g/mol. The molecule has 0 aliphatic carbocycles. The minimum atomic E-state index is -0.252. The Bertz CT molecular complexity index is 563. The maximum absolute atomic E-state index is 11.7. The monoisotopic (exact) mass is 344 g/mol. The number of likely N-dealkylation sites (tertiary alicyclic amines) is 1. The molecule has 1 aromatic carbocycles. The lowest BCUT2D eigenvalue weighted by Crippen LogP contribution is -2.40. The van der Waals surface area contributed by atoms with Crippen LogP contribution in [-0.2, 0) is 16.0 Å². The number of nitrogens with zero attached hydrogens (tertiary/aromatic N) is 1. The summed E-state index contributed by atoms with van der Waals surface area (Å²) < 4.78 is 6.03. The molecule has 138 valence electrons. The van der Waals surface area contributed by atoms with Crippen LogP contribution in [0.5, 0.6) is 0 Å². The SMILES string of the molecule is CC(C)(C)O[C@@H]1C[C@@H](C(N)=O)N(C/C=C/CCCc2ccccc2)C1. The summed E-state index contributed by atoms with van der Waals surface area (Å²) in [5.74, 6) is -0.252. The molecule has 0 aromatic heterocycles. The minimum Gasteiger partial charge on any atom is -0.371 e. The molecule has 1 aliphatic rings. The third-order valence-corrected chi connectivity index (χ3v) is 4.40. The number of ether oxygens (including phenoxy) is 1. The summed E-state index contributed by atoms with van der Waals surface area (Å²) in [4.78, 5) is 13.8. The lowest BCUT2D eigenvalue weighted by Gasteiger charge is -2.24. The van der Waals surface area contributed by atoms with Gasteiger partial charge in [-0.25, -0.2) is 0 Å². The van der Waals surface area contributed by atoms with Crippen LogP contribution in [0.4, 0.5) is 0 Å². The summed E-state index contributed by atoms with van der Waals surface area (Å²) in [7, 11) is 0. The zero-order valence-electron chi connectivity index (χ0n) is 15.8. The lowest BCUT2D eigenvalue weighted by molar-refractivity contribution is -0.122. The standard InChI is InChI=1S/C21H32N2O2/c1-21(2,3)25-18-15-19(20(22)24)23(16-18)14-10-5-4-7-11-17-12-8-6-9-13-17/h5-6,8-10,12-13,18-19H,4,7,11,14-16H2,1-3H3,(H2,22,24)/b10-5+/t18-,19+/m1/s1. The second-order valence-corrected chi connectivity index (χ2v) is 7.81. The molecule has 0 spiro atoms. The smallest absolute Gasteiger partial charge is 0.234 e. The molecule has 1 aliphatic heterocycles. The molecule has 2 rings (SSSR count). The van der Waals surface area contributed by atoms with Crippen molar-refractivity contribution in [2.24, 2.45) is 5.73 Å². The van der Waals surface area contributed by atoms with Crippen molar-refractivity contribution in [3.05, 3.63) is 48.0 Å². The van der Waals surface area contributed by atoms with Gasteiger partial charge in [0.25, 0.3) is 0 Å². The number of allylic oxidation sites excluding steroid dienone is 1. The number of nitrogens with two attached hydrogens (primary N) is 1. The molecule has 0 saturated carbocycles. The van der Waals surface area contributed by atoms with Gasteiger partial charge in [0.2, 0.25) is 5.91 Å². The largest absolute Gasteiger partial charge is 0.371 e. The molecule has 0 radical (unpaired) electrons. The normalized spacial score (nSPS) is 21.9. The van der Waals surface area contributed by atoms with Crippen molar-refractivity contribution >= 4 is 5.91 Å². The highest BCUT2D eigenvalue weighted by Crippen LogP contribution is 2.24. The van der Waals surface area contributed by atoms with E-state index in [-0.39, 0.29) is 23.7 Å². The maximum atomic E-state index is 11.7. The van der Waals surface area contributed by atoms with Crippen LogP contribution >= 0.6 is 0 Å². The van der Waals surface area contributed by atoms with Crippen molar-refractivity contribution in [3.63, 3.8) is 0 Å². The Hall–Kier alpha value is -1.65. The zero-order chi connectivity index (χ0) is 18.3. The van der Waals surface area contributed by atoms with E-state index < -0.39 is 0 Å². The second-order valence-electron chi connectivity index (χ2n) is 7.81. The molecule has 2 N–H and O–H groups in total. The molecular weight excluding hydrogens is 312 g/mol. The van der Waals surface area contributed by atoms with Crippen molar-refractivity contribution in [2.75, 3.05) is 13.1 Å². The summed E-state index contributed by atoms with van der Waals surface area (Å²) in [5, 5.41) is 0. The molecule has 1 aromatic rings. The first-order chi connectivity index (χ1) is 11.8. The van der Waals surface area contributed by atoms with E-state index >= 15 is 0 Å². The highest BCUT2D eigenvalue weighted by Gasteiger charge is 2.37. The van der Waals surface area contributed by atoms with E-state index in [1.54, 1.807) is 0 Å². The summed E-state index contributed by atoms with van der Waals surface area (Å²) in [6.45, 7) is 7.65. The van der Waals surface area contributed by atoms with Gasteiger partial charge in [-0.05, 0) is 52.0 Å². The number of unbranched alkanes of at least 4 members (excludes halogenated alkanes) is 1. The summed E-state index contributed by atoms with van der Waals surface area (Å²) in [6, 6.07) is 10.3. The van der Waals surface area contributed by atoms with Crippen LogP contribution in [-0.4, -0.2) is 41.6 Å². The van der Waals surface area contributed by atoms with Gasteiger partial charge >= 0.3 is 0 Å². The van der Waals surface area contributed by atoms with E-state index in [0.717, 1.165) is 32.4 Å². The first kappa shape index (κ1) is 19.7. The van der Waals surface area contributed by atoms with Crippen LogP contribution in [0.15, 0.2) is 42.5 Å². The maximum Gasteiger partial charge on any atom is 0.234 e. The number of rotatable bonds is 8. The molecule has 1 amide bonds. The third-order valence-electron chi connectivity index (χ3n) is 4.40. The van der Waals surface area contributed by atoms with Crippen molar-refractivity contribution in [3.8, 4) is 0 Å². The van der Waals surface area contributed by atoms with Gasteiger partial charge in [0, 0.05) is 13.1 Å². The van der Waals surface area contributed by atoms with E-state index in [2.05, 4.69) is 41.3 Å². The molecular formula is C21H32N2O2. The summed E-state index contributed by atoms with van der Waals surface area (Å²) >= 11 is 0. The van der Waals surface area contributed by atoms with Gasteiger partial charge in [0.1, 0.15) is 0 Å². The van der Waals surface area contributed by atoms with Gasteiger partial charge in [0.15, 0.2) is 0 Å². The predicted molar refractivity (Wildman–Crippen MR) is 102 cm³/mol. The quantitative estimate of drug-likeness (QED) is 0.581. The van der Waals surface area contributed by atoms with Gasteiger partial charge in [0.05, 0.1) is 17.7 Å². The van der Waals surface area contributed by atoms with E-state index in [0.29, 0.717) is 6.42 Å². The molecule has 0 bridgehead atoms. The molecule has 0 unspecified atom stereocenters. The second kappa shape index (κ2) is 9.16. The van der Waals surface area contributed by atoms with Gasteiger partial charge in [-0.2, -0.15) is 0 Å². The number of hydrogen-bond acceptors (Lipinski definition) is 3. The number of aryl methyl sites for hydroxylation is 1. The molecule has 2 atom stereocenters. The summed E-state index contributed by atoms with van der Waals surface area (Å²) in [6.07, 6.45) is 8.40. The highest BCUT2D eigenvalue weighted by molar-refractivity contribution is 5.80. The van der Waals surface area contributed by atoms with Crippen LogP contribution in [0.2, 0.25) is 0 Å². The minimum absolute atomic E-state index is 0.0731. The Morgan fingerprint density at radius 2 is 2.00 bits per heavy atom. The van der Waals surface area contributed by atoms with Gasteiger partial charge in [-0.3, -0.25) is 9.69 Å². The number of carbonyl (C=O) groups excluding carboxylic acids is 1.